The third kappa shape index (κ3) is 3.77. The van der Waals surface area contributed by atoms with Crippen molar-refractivity contribution in [3.63, 3.8) is 0 Å². The average Bonchev–Trinajstić information content (AvgIpc) is 2.92. The molecule has 0 bridgehead atoms. The molecule has 7 nitrogen and oxygen atoms in total. The van der Waals surface area contributed by atoms with Crippen LogP contribution >= 0.6 is 0 Å². The van der Waals surface area contributed by atoms with Crippen LogP contribution in [0.4, 0.5) is 5.82 Å². The van der Waals surface area contributed by atoms with E-state index in [1.165, 1.54) is 6.33 Å². The number of amides is 1. The summed E-state index contributed by atoms with van der Waals surface area (Å²) >= 11 is 0. The molecule has 0 radical (unpaired) electrons. The number of nitrogens with one attached hydrogen (secondary N) is 2. The molecule has 2 heterocycles. The molecule has 2 N–H and O–H groups in total. The highest BCUT2D eigenvalue weighted by molar-refractivity contribution is 5.94. The van der Waals surface area contributed by atoms with Gasteiger partial charge in [0.1, 0.15) is 5.82 Å². The van der Waals surface area contributed by atoms with E-state index in [0.29, 0.717) is 30.2 Å². The van der Waals surface area contributed by atoms with Crippen molar-refractivity contribution in [2.24, 2.45) is 0 Å². The summed E-state index contributed by atoms with van der Waals surface area (Å²) in [7, 11) is 0. The minimum Gasteiger partial charge on any atom is -0.370 e. The van der Waals surface area contributed by atoms with E-state index in [0.717, 1.165) is 6.54 Å². The Morgan fingerprint density at radius 1 is 1.42 bits per heavy atom. The van der Waals surface area contributed by atoms with Gasteiger partial charge >= 0.3 is 0 Å². The summed E-state index contributed by atoms with van der Waals surface area (Å²) in [5.74, 6) is 1.04. The molecule has 1 amide bonds. The Kier molecular flexibility index (Phi) is 4.44. The van der Waals surface area contributed by atoms with Crippen LogP contribution < -0.4 is 10.6 Å². The molecule has 0 aliphatic carbocycles. The van der Waals surface area contributed by atoms with Crippen molar-refractivity contribution in [2.75, 3.05) is 18.4 Å². The Morgan fingerprint density at radius 2 is 2.32 bits per heavy atom. The van der Waals surface area contributed by atoms with Gasteiger partial charge in [-0.1, -0.05) is 5.16 Å². The first-order valence-electron chi connectivity index (χ1n) is 6.03. The molecule has 0 fully saturated rings. The van der Waals surface area contributed by atoms with Gasteiger partial charge in [-0.3, -0.25) is 4.79 Å². The first-order chi connectivity index (χ1) is 9.29. The highest BCUT2D eigenvalue weighted by atomic mass is 16.5. The molecular formula is C12H15N5O2. The second kappa shape index (κ2) is 6.48. The fourth-order valence-electron chi connectivity index (χ4n) is 1.54. The summed E-state index contributed by atoms with van der Waals surface area (Å²) in [5, 5.41) is 9.34. The molecule has 19 heavy (non-hydrogen) atoms. The van der Waals surface area contributed by atoms with Crippen LogP contribution in [0, 0.1) is 0 Å². The van der Waals surface area contributed by atoms with Gasteiger partial charge in [0, 0.05) is 31.3 Å². The van der Waals surface area contributed by atoms with Crippen molar-refractivity contribution in [3.05, 3.63) is 36.1 Å². The van der Waals surface area contributed by atoms with Gasteiger partial charge in [-0.05, 0) is 19.1 Å². The molecule has 2 aromatic heterocycles. The molecule has 0 saturated carbocycles. The molecule has 2 rings (SSSR count). The van der Waals surface area contributed by atoms with Gasteiger partial charge in [-0.15, -0.1) is 0 Å². The van der Waals surface area contributed by atoms with E-state index >= 15 is 0 Å². The summed E-state index contributed by atoms with van der Waals surface area (Å²) < 4.78 is 4.84. The second-order valence-corrected chi connectivity index (χ2v) is 3.80. The van der Waals surface area contributed by atoms with Crippen LogP contribution in [-0.4, -0.2) is 34.1 Å². The van der Waals surface area contributed by atoms with Gasteiger partial charge < -0.3 is 15.2 Å². The molecule has 100 valence electrons. The topological polar surface area (TPSA) is 92.9 Å². The van der Waals surface area contributed by atoms with E-state index in [9.17, 15) is 4.79 Å². The van der Waals surface area contributed by atoms with Crippen LogP contribution in [0.25, 0.3) is 0 Å². The zero-order valence-corrected chi connectivity index (χ0v) is 10.6. The van der Waals surface area contributed by atoms with Gasteiger partial charge in [0.25, 0.3) is 5.91 Å². The molecule has 0 aliphatic heterocycles. The number of hydrogen-bond acceptors (Lipinski definition) is 6. The molecule has 0 saturated heterocycles. The van der Waals surface area contributed by atoms with E-state index in [-0.39, 0.29) is 5.91 Å². The average molecular weight is 261 g/mol. The standard InChI is InChI=1S/C12H15N5O2/c1-2-13-10-7-9(3-5-14-10)12(18)15-6-4-11-16-8-17-19-11/h3,5,7-8H,2,4,6H2,1H3,(H,13,14)(H,15,18). The Bertz CT molecular complexity index is 527. The maximum Gasteiger partial charge on any atom is 0.251 e. The van der Waals surface area contributed by atoms with E-state index < -0.39 is 0 Å². The lowest BCUT2D eigenvalue weighted by Crippen LogP contribution is -2.25. The lowest BCUT2D eigenvalue weighted by atomic mass is 10.2. The van der Waals surface area contributed by atoms with Crippen molar-refractivity contribution < 1.29 is 9.32 Å². The fraction of sp³-hybridized carbons (Fsp3) is 0.333. The third-order valence-corrected chi connectivity index (χ3v) is 2.41. The number of rotatable bonds is 6. The summed E-state index contributed by atoms with van der Waals surface area (Å²) in [6.45, 7) is 3.17. The van der Waals surface area contributed by atoms with Gasteiger partial charge in [-0.25, -0.2) is 4.98 Å². The van der Waals surface area contributed by atoms with E-state index in [1.807, 2.05) is 6.92 Å². The van der Waals surface area contributed by atoms with Crippen LogP contribution in [0.15, 0.2) is 29.2 Å². The Balaban J connectivity index is 1.87. The van der Waals surface area contributed by atoms with Gasteiger partial charge in [-0.2, -0.15) is 4.98 Å². The quantitative estimate of drug-likeness (QED) is 0.801. The minimum atomic E-state index is -0.152. The van der Waals surface area contributed by atoms with Gasteiger partial charge in [0.05, 0.1) is 0 Å². The normalized spacial score (nSPS) is 10.2. The predicted molar refractivity (Wildman–Crippen MR) is 68.7 cm³/mol. The van der Waals surface area contributed by atoms with Gasteiger partial charge in [0.15, 0.2) is 6.33 Å². The molecule has 2 aromatic rings. The zero-order chi connectivity index (χ0) is 13.5. The molecular weight excluding hydrogens is 246 g/mol. The molecule has 0 atom stereocenters. The predicted octanol–water partition coefficient (Wildman–Crippen LogP) is 0.869. The van der Waals surface area contributed by atoms with Crippen LogP contribution in [0.2, 0.25) is 0 Å². The number of pyridine rings is 1. The third-order valence-electron chi connectivity index (χ3n) is 2.41. The Morgan fingerprint density at radius 3 is 3.05 bits per heavy atom. The Hall–Kier alpha value is -2.44. The van der Waals surface area contributed by atoms with E-state index in [2.05, 4.69) is 25.8 Å². The van der Waals surface area contributed by atoms with Crippen LogP contribution in [-0.2, 0) is 6.42 Å². The largest absolute Gasteiger partial charge is 0.370 e. The van der Waals surface area contributed by atoms with Crippen LogP contribution in [0.1, 0.15) is 23.2 Å². The fourth-order valence-corrected chi connectivity index (χ4v) is 1.54. The number of nitrogens with zero attached hydrogens (tertiary/aromatic N) is 3. The smallest absolute Gasteiger partial charge is 0.251 e. The molecule has 7 heteroatoms. The SMILES string of the molecule is CCNc1cc(C(=O)NCCc2ncno2)ccn1. The van der Waals surface area contributed by atoms with E-state index in [1.54, 1.807) is 18.3 Å². The lowest BCUT2D eigenvalue weighted by molar-refractivity contribution is 0.0953. The van der Waals surface area contributed by atoms with Crippen molar-refractivity contribution in [1.29, 1.82) is 0 Å². The Labute approximate surface area is 110 Å². The first-order valence-corrected chi connectivity index (χ1v) is 6.03. The van der Waals surface area contributed by atoms with Crippen molar-refractivity contribution >= 4 is 11.7 Å². The van der Waals surface area contributed by atoms with Crippen LogP contribution in [0.5, 0.6) is 0 Å². The van der Waals surface area contributed by atoms with E-state index in [4.69, 9.17) is 4.52 Å². The summed E-state index contributed by atoms with van der Waals surface area (Å²) in [5.41, 5.74) is 0.566. The first kappa shape index (κ1) is 13.0. The van der Waals surface area contributed by atoms with Crippen molar-refractivity contribution in [3.8, 4) is 0 Å². The lowest BCUT2D eigenvalue weighted by Gasteiger charge is -2.06. The molecule has 0 aromatic carbocycles. The van der Waals surface area contributed by atoms with Crippen molar-refractivity contribution in [1.82, 2.24) is 20.4 Å². The number of hydrogen-bond donors (Lipinski definition) is 2. The van der Waals surface area contributed by atoms with Crippen LogP contribution in [0.3, 0.4) is 0 Å². The maximum atomic E-state index is 11.9. The number of carbonyl (C=O) groups excluding carboxylic acids is 1. The van der Waals surface area contributed by atoms with Crippen molar-refractivity contribution in [2.45, 2.75) is 13.3 Å². The number of anilines is 1. The molecule has 0 unspecified atom stereocenters. The zero-order valence-electron chi connectivity index (χ0n) is 10.6. The second-order valence-electron chi connectivity index (χ2n) is 3.80. The minimum absolute atomic E-state index is 0.152. The molecule has 0 aliphatic rings. The summed E-state index contributed by atoms with van der Waals surface area (Å²) in [6.07, 6.45) is 3.45. The molecule has 0 spiro atoms. The summed E-state index contributed by atoms with van der Waals surface area (Å²) in [4.78, 5) is 19.9. The highest BCUT2D eigenvalue weighted by Crippen LogP contribution is 2.06. The number of carbonyl (C=O) groups is 1. The monoisotopic (exact) mass is 261 g/mol. The maximum absolute atomic E-state index is 11.9. The number of aromatic nitrogens is 3. The highest BCUT2D eigenvalue weighted by Gasteiger charge is 2.07. The van der Waals surface area contributed by atoms with Gasteiger partial charge in [0.2, 0.25) is 5.89 Å². The summed E-state index contributed by atoms with van der Waals surface area (Å²) in [6, 6.07) is 3.38.